The molecule has 0 unspecified atom stereocenters. The van der Waals surface area contributed by atoms with Crippen LogP contribution in [0.15, 0.2) is 0 Å². The molecule has 4 heteroatoms. The summed E-state index contributed by atoms with van der Waals surface area (Å²) < 4.78 is 8.96. The van der Waals surface area contributed by atoms with Crippen molar-refractivity contribution < 1.29 is 25.4 Å². The van der Waals surface area contributed by atoms with Crippen LogP contribution >= 0.6 is 31.7 Å². The van der Waals surface area contributed by atoms with Gasteiger partial charge in [0.15, 0.2) is 0 Å². The van der Waals surface area contributed by atoms with Crippen molar-refractivity contribution in [2.75, 3.05) is 0 Å². The van der Waals surface area contributed by atoms with Gasteiger partial charge in [-0.25, -0.2) is 0 Å². The molecule has 0 N–H and O–H groups in total. The fourth-order valence-electron chi connectivity index (χ4n) is 0. The molecule has 4 heavy (non-hydrogen) atoms. The van der Waals surface area contributed by atoms with Crippen molar-refractivity contribution in [3.63, 3.8) is 0 Å². The van der Waals surface area contributed by atoms with E-state index in [1.807, 2.05) is 0 Å². The maximum Gasteiger partial charge on any atom is 0.226 e. The van der Waals surface area contributed by atoms with Gasteiger partial charge < -0.3 is 0 Å². The Labute approximate surface area is 56.4 Å². The van der Waals surface area contributed by atoms with Crippen LogP contribution in [0.5, 0.6) is 0 Å². The molecule has 1 nitrogen and oxygen atoms in total. The first-order valence-electron chi connectivity index (χ1n) is 0.297. The van der Waals surface area contributed by atoms with E-state index in [1.165, 1.54) is 0 Å². The maximum absolute atomic E-state index is 8.96. The van der Waals surface area contributed by atoms with Gasteiger partial charge in [-0.1, -0.05) is 0 Å². The average Bonchev–Trinajstić information content (AvgIpc) is 0.918. The van der Waals surface area contributed by atoms with Gasteiger partial charge in [0.2, 0.25) is 19.0 Å². The molecule has 31 valence electrons. The van der Waals surface area contributed by atoms with Crippen LogP contribution in [0.1, 0.15) is 0 Å². The Bertz CT molecular complexity index is 15.5. The minimum Gasteiger partial charge on any atom is -0.258 e. The van der Waals surface area contributed by atoms with Crippen molar-refractivity contribution in [1.29, 1.82) is 0 Å². The summed E-state index contributed by atoms with van der Waals surface area (Å²) in [5.41, 5.74) is 0. The van der Waals surface area contributed by atoms with Crippen LogP contribution < -0.4 is 0 Å². The standard InChI is InChI=1S/Ag.BrIO/c;1-2-3. The molecule has 0 aliphatic rings. The van der Waals surface area contributed by atoms with E-state index < -0.39 is 19.0 Å². The van der Waals surface area contributed by atoms with E-state index in [0.29, 0.717) is 0 Å². The summed E-state index contributed by atoms with van der Waals surface area (Å²) in [5, 5.41) is 0. The molecule has 0 fully saturated rings. The Hall–Kier alpha value is 1.75. The zero-order chi connectivity index (χ0) is 2.71. The first-order chi connectivity index (χ1) is 1.41. The van der Waals surface area contributed by atoms with Gasteiger partial charge >= 0.3 is 0 Å². The molecule has 0 bridgehead atoms. The molecule has 0 aromatic heterocycles. The fraction of sp³-hybridized carbons (Fsp3) is 0. The zero-order valence-corrected chi connectivity index (χ0v) is 6.69. The second-order valence-electron chi connectivity index (χ2n) is 0.0583. The first-order valence-corrected chi connectivity index (χ1v) is 6.01. The summed E-state index contributed by atoms with van der Waals surface area (Å²) in [6, 6.07) is 0. The monoisotopic (exact) mass is 329 g/mol. The van der Waals surface area contributed by atoms with Crippen LogP contribution in [0, 0.1) is 0 Å². The second-order valence-corrected chi connectivity index (χ2v) is 2.03. The molecule has 0 saturated carbocycles. The van der Waals surface area contributed by atoms with Gasteiger partial charge in [-0.15, -0.1) is 0 Å². The van der Waals surface area contributed by atoms with Crippen molar-refractivity contribution in [3.05, 3.63) is 0 Å². The smallest absolute Gasteiger partial charge is 0.226 e. The number of halogens is 2. The molecule has 0 aromatic rings. The molecule has 0 aliphatic carbocycles. The summed E-state index contributed by atoms with van der Waals surface area (Å²) in [6.07, 6.45) is 0. The molecular formula is AgBrIO. The van der Waals surface area contributed by atoms with Gasteiger partial charge in [0.1, 0.15) is 0 Å². The summed E-state index contributed by atoms with van der Waals surface area (Å²) in [5.74, 6) is 0. The second kappa shape index (κ2) is 8.83. The summed E-state index contributed by atoms with van der Waals surface area (Å²) >= 11 is 1.85. The van der Waals surface area contributed by atoms with Crippen LogP contribution in [0.4, 0.5) is 0 Å². The molecule has 0 aliphatic heterocycles. The minimum atomic E-state index is -0.847. The molecule has 1 radical (unpaired) electrons. The van der Waals surface area contributed by atoms with Crippen LogP contribution in [-0.4, -0.2) is 0 Å². The number of rotatable bonds is 0. The largest absolute Gasteiger partial charge is 0.258 e. The van der Waals surface area contributed by atoms with Gasteiger partial charge in [0.05, 0.1) is 0 Å². The molecular weight excluding hydrogens is 331 g/mol. The Kier molecular flexibility index (Phi) is 20.4. The van der Waals surface area contributed by atoms with Gasteiger partial charge in [-0.3, -0.25) is 3.07 Å². The van der Waals surface area contributed by atoms with E-state index in [9.17, 15) is 0 Å². The van der Waals surface area contributed by atoms with Crippen molar-refractivity contribution in [2.45, 2.75) is 0 Å². The maximum atomic E-state index is 8.96. The van der Waals surface area contributed by atoms with E-state index in [2.05, 4.69) is 12.7 Å². The number of hydrogen-bond acceptors (Lipinski definition) is 1. The third-order valence-corrected chi connectivity index (χ3v) is 0. The van der Waals surface area contributed by atoms with Crippen molar-refractivity contribution in [2.24, 2.45) is 0 Å². The molecule has 0 aromatic carbocycles. The SMILES string of the molecule is O=IBr.[Ag]. The Morgan fingerprint density at radius 3 is 1.75 bits per heavy atom. The summed E-state index contributed by atoms with van der Waals surface area (Å²) in [6.45, 7) is 0. The molecule has 0 atom stereocenters. The predicted molar refractivity (Wildman–Crippen MR) is 23.6 cm³/mol. The topological polar surface area (TPSA) is 17.1 Å². The Morgan fingerprint density at radius 2 is 1.75 bits per heavy atom. The third-order valence-electron chi connectivity index (χ3n) is 0. The van der Waals surface area contributed by atoms with Crippen molar-refractivity contribution in [3.8, 4) is 0 Å². The van der Waals surface area contributed by atoms with E-state index in [1.54, 1.807) is 0 Å². The molecule has 0 amide bonds. The van der Waals surface area contributed by atoms with Gasteiger partial charge in [-0.2, -0.15) is 0 Å². The fourth-order valence-corrected chi connectivity index (χ4v) is 0. The van der Waals surface area contributed by atoms with E-state index in [4.69, 9.17) is 3.07 Å². The summed E-state index contributed by atoms with van der Waals surface area (Å²) in [7, 11) is 0. The van der Waals surface area contributed by atoms with Crippen LogP contribution in [0.3, 0.4) is 0 Å². The molecule has 0 saturated heterocycles. The van der Waals surface area contributed by atoms with E-state index in [0.717, 1.165) is 0 Å². The third kappa shape index (κ3) is 9.26. The minimum absolute atomic E-state index is 0. The quantitative estimate of drug-likeness (QED) is 0.487. The van der Waals surface area contributed by atoms with Crippen LogP contribution in [0.2, 0.25) is 0 Å². The predicted octanol–water partition coefficient (Wildman–Crippen LogP) is 1.61. The van der Waals surface area contributed by atoms with Crippen molar-refractivity contribution in [1.82, 2.24) is 0 Å². The van der Waals surface area contributed by atoms with E-state index >= 15 is 0 Å². The Balaban J connectivity index is 0. The average molecular weight is 331 g/mol. The molecule has 0 spiro atoms. The normalized spacial score (nSPS) is 4.25. The van der Waals surface area contributed by atoms with Crippen LogP contribution in [-0.2, 0) is 25.4 Å². The van der Waals surface area contributed by atoms with Gasteiger partial charge in [0, 0.05) is 35.1 Å². The zero-order valence-electron chi connectivity index (χ0n) is 1.47. The molecule has 0 heterocycles. The van der Waals surface area contributed by atoms with E-state index in [-0.39, 0.29) is 22.4 Å². The Morgan fingerprint density at radius 1 is 1.75 bits per heavy atom. The molecule has 0 rings (SSSR count). The number of hydrogen-bond donors (Lipinski definition) is 0. The van der Waals surface area contributed by atoms with Crippen LogP contribution in [0.25, 0.3) is 0 Å². The van der Waals surface area contributed by atoms with Gasteiger partial charge in [-0.05, 0) is 0 Å². The first kappa shape index (κ1) is 9.23. The van der Waals surface area contributed by atoms with Crippen molar-refractivity contribution >= 4 is 31.7 Å². The summed E-state index contributed by atoms with van der Waals surface area (Å²) in [4.78, 5) is 0. The van der Waals surface area contributed by atoms with Gasteiger partial charge in [0.25, 0.3) is 0 Å².